The molecule has 0 aliphatic carbocycles. The van der Waals surface area contributed by atoms with Gasteiger partial charge in [0.15, 0.2) is 0 Å². The molecule has 180 valence electrons. The molecule has 4 rings (SSSR count). The number of rotatable bonds is 10. The van der Waals surface area contributed by atoms with Gasteiger partial charge in [-0.15, -0.1) is 0 Å². The van der Waals surface area contributed by atoms with Crippen LogP contribution in [0.5, 0.6) is 5.75 Å². The standard InChI is InChI=1S/C26H31FN4O3/c1-2-33-23-11-5-19(6-12-23)4-3-15-28-26(32)21-13-16-31(17-14-21)18-24-29-25(30-34-24)20-7-9-22(27)10-8-20/h5-12,21H,2-4,13-18H2,1H3,(H,28,32). The normalized spacial score (nSPS) is 14.8. The number of hydrogen-bond donors (Lipinski definition) is 1. The van der Waals surface area contributed by atoms with Crippen LogP contribution in [0.4, 0.5) is 4.39 Å². The molecule has 1 aliphatic rings. The molecule has 34 heavy (non-hydrogen) atoms. The van der Waals surface area contributed by atoms with E-state index in [9.17, 15) is 9.18 Å². The van der Waals surface area contributed by atoms with Crippen LogP contribution in [0.15, 0.2) is 53.1 Å². The summed E-state index contributed by atoms with van der Waals surface area (Å²) >= 11 is 0. The Kier molecular flexibility index (Phi) is 8.25. The van der Waals surface area contributed by atoms with Gasteiger partial charge in [0.2, 0.25) is 17.6 Å². The van der Waals surface area contributed by atoms with Crippen molar-refractivity contribution in [3.8, 4) is 17.1 Å². The molecule has 1 fully saturated rings. The molecule has 0 radical (unpaired) electrons. The number of carbonyl (C=O) groups is 1. The predicted molar refractivity (Wildman–Crippen MR) is 127 cm³/mol. The minimum atomic E-state index is -0.299. The lowest BCUT2D eigenvalue weighted by Gasteiger charge is -2.30. The van der Waals surface area contributed by atoms with Crippen LogP contribution in [0.3, 0.4) is 0 Å². The Hall–Kier alpha value is -3.26. The van der Waals surface area contributed by atoms with Gasteiger partial charge in [-0.25, -0.2) is 4.39 Å². The molecule has 8 heteroatoms. The number of nitrogens with one attached hydrogen (secondary N) is 1. The second-order valence-corrected chi connectivity index (χ2v) is 8.54. The zero-order valence-corrected chi connectivity index (χ0v) is 19.5. The number of amides is 1. The topological polar surface area (TPSA) is 80.5 Å². The van der Waals surface area contributed by atoms with Crippen molar-refractivity contribution < 1.29 is 18.4 Å². The Morgan fingerprint density at radius 2 is 1.88 bits per heavy atom. The van der Waals surface area contributed by atoms with E-state index in [4.69, 9.17) is 9.26 Å². The quantitative estimate of drug-likeness (QED) is 0.450. The minimum absolute atomic E-state index is 0.0409. The van der Waals surface area contributed by atoms with Crippen LogP contribution in [0, 0.1) is 11.7 Å². The van der Waals surface area contributed by atoms with E-state index in [0.29, 0.717) is 37.0 Å². The Balaban J connectivity index is 1.14. The molecule has 1 aliphatic heterocycles. The Labute approximate surface area is 199 Å². The minimum Gasteiger partial charge on any atom is -0.494 e. The zero-order valence-electron chi connectivity index (χ0n) is 19.5. The van der Waals surface area contributed by atoms with Gasteiger partial charge in [-0.2, -0.15) is 4.98 Å². The first-order valence-corrected chi connectivity index (χ1v) is 11.9. The fourth-order valence-electron chi connectivity index (χ4n) is 4.15. The maximum atomic E-state index is 13.1. The molecular weight excluding hydrogens is 435 g/mol. The van der Waals surface area contributed by atoms with Gasteiger partial charge in [-0.05, 0) is 87.7 Å². The number of benzene rings is 2. The van der Waals surface area contributed by atoms with E-state index in [1.54, 1.807) is 12.1 Å². The van der Waals surface area contributed by atoms with Crippen LogP contribution in [0.1, 0.15) is 37.6 Å². The average Bonchev–Trinajstić information content (AvgIpc) is 3.32. The summed E-state index contributed by atoms with van der Waals surface area (Å²) in [4.78, 5) is 19.2. The fraction of sp³-hybridized carbons (Fsp3) is 0.423. The van der Waals surface area contributed by atoms with E-state index in [2.05, 4.69) is 32.5 Å². The number of aryl methyl sites for hydroxylation is 1. The van der Waals surface area contributed by atoms with Gasteiger partial charge < -0.3 is 14.6 Å². The van der Waals surface area contributed by atoms with E-state index >= 15 is 0 Å². The maximum Gasteiger partial charge on any atom is 0.241 e. The highest BCUT2D eigenvalue weighted by molar-refractivity contribution is 5.78. The second-order valence-electron chi connectivity index (χ2n) is 8.54. The summed E-state index contributed by atoms with van der Waals surface area (Å²) in [6.45, 7) is 5.47. The highest BCUT2D eigenvalue weighted by Gasteiger charge is 2.25. The summed E-state index contributed by atoms with van der Waals surface area (Å²) in [6.07, 6.45) is 3.45. The molecule has 0 atom stereocenters. The average molecular weight is 467 g/mol. The molecule has 3 aromatic rings. The molecule has 2 heterocycles. The predicted octanol–water partition coefficient (Wildman–Crippen LogP) is 4.24. The molecular formula is C26H31FN4O3. The molecule has 2 aromatic carbocycles. The number of aromatic nitrogens is 2. The SMILES string of the molecule is CCOc1ccc(CCCNC(=O)C2CCN(Cc3nc(-c4ccc(F)cc4)no3)CC2)cc1. The van der Waals surface area contributed by atoms with Gasteiger partial charge in [0.05, 0.1) is 13.2 Å². The number of halogens is 1. The highest BCUT2D eigenvalue weighted by atomic mass is 19.1. The van der Waals surface area contributed by atoms with Gasteiger partial charge in [0.25, 0.3) is 0 Å². The van der Waals surface area contributed by atoms with Crippen LogP contribution in [0.2, 0.25) is 0 Å². The first-order valence-electron chi connectivity index (χ1n) is 11.9. The van der Waals surface area contributed by atoms with Crippen molar-refractivity contribution in [3.05, 3.63) is 65.8 Å². The largest absolute Gasteiger partial charge is 0.494 e. The third-order valence-electron chi connectivity index (χ3n) is 6.06. The van der Waals surface area contributed by atoms with Crippen LogP contribution in [0.25, 0.3) is 11.4 Å². The Morgan fingerprint density at radius 1 is 1.15 bits per heavy atom. The molecule has 0 unspecified atom stereocenters. The number of ether oxygens (including phenoxy) is 1. The Morgan fingerprint density at radius 3 is 2.59 bits per heavy atom. The molecule has 0 saturated carbocycles. The number of likely N-dealkylation sites (tertiary alicyclic amines) is 1. The van der Waals surface area contributed by atoms with Crippen LogP contribution in [-0.4, -0.2) is 47.2 Å². The summed E-state index contributed by atoms with van der Waals surface area (Å²) in [5.41, 5.74) is 1.96. The number of hydrogen-bond acceptors (Lipinski definition) is 6. The lowest BCUT2D eigenvalue weighted by atomic mass is 9.96. The van der Waals surface area contributed by atoms with E-state index in [0.717, 1.165) is 44.5 Å². The first-order chi connectivity index (χ1) is 16.6. The number of nitrogens with zero attached hydrogens (tertiary/aromatic N) is 3. The Bertz CT molecular complexity index is 1040. The maximum absolute atomic E-state index is 13.1. The van der Waals surface area contributed by atoms with Crippen molar-refractivity contribution in [3.63, 3.8) is 0 Å². The summed E-state index contributed by atoms with van der Waals surface area (Å²) < 4.78 is 23.9. The highest BCUT2D eigenvalue weighted by Crippen LogP contribution is 2.21. The fourth-order valence-corrected chi connectivity index (χ4v) is 4.15. The molecule has 1 saturated heterocycles. The lowest BCUT2D eigenvalue weighted by Crippen LogP contribution is -2.40. The van der Waals surface area contributed by atoms with E-state index in [1.807, 2.05) is 19.1 Å². The van der Waals surface area contributed by atoms with Crippen LogP contribution >= 0.6 is 0 Å². The molecule has 1 aromatic heterocycles. The van der Waals surface area contributed by atoms with Crippen LogP contribution in [-0.2, 0) is 17.8 Å². The second kappa shape index (κ2) is 11.7. The summed E-state index contributed by atoms with van der Waals surface area (Å²) in [5, 5.41) is 7.09. The molecule has 1 N–H and O–H groups in total. The third kappa shape index (κ3) is 6.63. The van der Waals surface area contributed by atoms with Crippen molar-refractivity contribution in [2.75, 3.05) is 26.2 Å². The van der Waals surface area contributed by atoms with Crippen molar-refractivity contribution in [1.82, 2.24) is 20.4 Å². The smallest absolute Gasteiger partial charge is 0.241 e. The zero-order chi connectivity index (χ0) is 23.8. The molecule has 1 amide bonds. The van der Waals surface area contributed by atoms with Crippen molar-refractivity contribution >= 4 is 5.91 Å². The molecule has 0 spiro atoms. The monoisotopic (exact) mass is 466 g/mol. The van der Waals surface area contributed by atoms with Crippen molar-refractivity contribution in [2.24, 2.45) is 5.92 Å². The summed E-state index contributed by atoms with van der Waals surface area (Å²) in [6, 6.07) is 14.1. The van der Waals surface area contributed by atoms with Gasteiger partial charge in [0.1, 0.15) is 11.6 Å². The third-order valence-corrected chi connectivity index (χ3v) is 6.06. The van der Waals surface area contributed by atoms with Gasteiger partial charge in [-0.3, -0.25) is 9.69 Å². The van der Waals surface area contributed by atoms with Gasteiger partial charge >= 0.3 is 0 Å². The van der Waals surface area contributed by atoms with Crippen LogP contribution < -0.4 is 10.1 Å². The molecule has 7 nitrogen and oxygen atoms in total. The van der Waals surface area contributed by atoms with Crippen molar-refractivity contribution in [2.45, 2.75) is 39.2 Å². The van der Waals surface area contributed by atoms with Gasteiger partial charge in [0, 0.05) is 18.0 Å². The number of carbonyl (C=O) groups excluding carboxylic acids is 1. The summed E-state index contributed by atoms with van der Waals surface area (Å²) in [5.74, 6) is 1.75. The summed E-state index contributed by atoms with van der Waals surface area (Å²) in [7, 11) is 0. The molecule has 0 bridgehead atoms. The van der Waals surface area contributed by atoms with E-state index in [-0.39, 0.29) is 17.6 Å². The van der Waals surface area contributed by atoms with Gasteiger partial charge in [-0.1, -0.05) is 17.3 Å². The first kappa shape index (κ1) is 23.9. The lowest BCUT2D eigenvalue weighted by molar-refractivity contribution is -0.126. The van der Waals surface area contributed by atoms with E-state index < -0.39 is 0 Å². The van der Waals surface area contributed by atoms with Crippen molar-refractivity contribution in [1.29, 1.82) is 0 Å². The van der Waals surface area contributed by atoms with E-state index in [1.165, 1.54) is 17.7 Å². The number of piperidine rings is 1.